The van der Waals surface area contributed by atoms with Crippen LogP contribution in [0.1, 0.15) is 200 Å². The van der Waals surface area contributed by atoms with E-state index in [1.165, 1.54) is 103 Å². The molecule has 0 fully saturated rings. The molecule has 0 saturated heterocycles. The molecule has 0 heterocycles. The van der Waals surface area contributed by atoms with Gasteiger partial charge in [0.15, 0.2) is 6.10 Å². The first-order valence-electron chi connectivity index (χ1n) is 21.8. The fourth-order valence-electron chi connectivity index (χ4n) is 5.92. The van der Waals surface area contributed by atoms with Crippen LogP contribution in [0.2, 0.25) is 0 Å². The molecule has 0 aliphatic carbocycles. The molecule has 3 atom stereocenters. The van der Waals surface area contributed by atoms with Crippen molar-refractivity contribution in [3.8, 4) is 0 Å². The van der Waals surface area contributed by atoms with Crippen LogP contribution in [0.15, 0.2) is 24.3 Å². The number of allylic oxidation sites excluding steroid dienone is 4. The monoisotopic (exact) mass is 789 g/mol. The van der Waals surface area contributed by atoms with Gasteiger partial charge < -0.3 is 24.6 Å². The molecule has 10 nitrogen and oxygen atoms in total. The number of carbonyl (C=O) groups is 2. The Labute approximate surface area is 329 Å². The highest BCUT2D eigenvalue weighted by Gasteiger charge is 2.27. The van der Waals surface area contributed by atoms with Crippen molar-refractivity contribution >= 4 is 19.8 Å². The SMILES string of the molecule is CCCCCC/C=C/CCCCCCCCCCCC(=O)OC[C@H](COP(=O)(O)OC[C@@H](O)CO)OC(=O)CCCCCCC/C=C/CCCCCCC. The van der Waals surface area contributed by atoms with Crippen LogP contribution in [0.25, 0.3) is 0 Å². The number of ether oxygens (including phenoxy) is 2. The summed E-state index contributed by atoms with van der Waals surface area (Å²) in [6, 6.07) is 0. The highest BCUT2D eigenvalue weighted by atomic mass is 31.2. The number of hydrogen-bond donors (Lipinski definition) is 3. The number of rotatable bonds is 41. The Morgan fingerprint density at radius 3 is 1.35 bits per heavy atom. The van der Waals surface area contributed by atoms with Gasteiger partial charge in [-0.25, -0.2) is 4.57 Å². The summed E-state index contributed by atoms with van der Waals surface area (Å²) in [7, 11) is -4.62. The molecule has 0 aromatic heterocycles. The number of unbranched alkanes of at least 4 members (excludes halogenated alkanes) is 23. The second-order valence-corrected chi connectivity index (χ2v) is 16.2. The lowest BCUT2D eigenvalue weighted by Gasteiger charge is -2.20. The Morgan fingerprint density at radius 1 is 0.537 bits per heavy atom. The molecule has 0 saturated carbocycles. The van der Waals surface area contributed by atoms with Gasteiger partial charge in [0.25, 0.3) is 0 Å². The molecule has 0 rings (SSSR count). The van der Waals surface area contributed by atoms with E-state index in [9.17, 15) is 24.2 Å². The molecular formula is C43H81O10P. The van der Waals surface area contributed by atoms with Gasteiger partial charge in [-0.1, -0.05) is 147 Å². The summed E-state index contributed by atoms with van der Waals surface area (Å²) in [6.07, 6.45) is 38.5. The molecule has 0 aromatic rings. The molecule has 0 aliphatic heterocycles. The van der Waals surface area contributed by atoms with Crippen molar-refractivity contribution in [1.29, 1.82) is 0 Å². The number of hydrogen-bond acceptors (Lipinski definition) is 9. The number of aliphatic hydroxyl groups excluding tert-OH is 2. The summed E-state index contributed by atoms with van der Waals surface area (Å²) in [5, 5.41) is 18.3. The molecule has 11 heteroatoms. The van der Waals surface area contributed by atoms with E-state index in [0.717, 1.165) is 57.8 Å². The average Bonchev–Trinajstić information content (AvgIpc) is 3.16. The maximum absolute atomic E-state index is 12.6. The van der Waals surface area contributed by atoms with E-state index in [1.807, 2.05) is 0 Å². The molecular weight excluding hydrogens is 707 g/mol. The van der Waals surface area contributed by atoms with Gasteiger partial charge in [-0.15, -0.1) is 0 Å². The predicted molar refractivity (Wildman–Crippen MR) is 219 cm³/mol. The van der Waals surface area contributed by atoms with Gasteiger partial charge in [0.1, 0.15) is 12.7 Å². The van der Waals surface area contributed by atoms with Crippen LogP contribution in [0, 0.1) is 0 Å². The number of aliphatic hydroxyl groups is 2. The zero-order valence-corrected chi connectivity index (χ0v) is 35.3. The maximum Gasteiger partial charge on any atom is 0.472 e. The normalized spacial score (nSPS) is 14.1. The largest absolute Gasteiger partial charge is 0.472 e. The first-order chi connectivity index (χ1) is 26.2. The van der Waals surface area contributed by atoms with E-state index in [2.05, 4.69) is 42.7 Å². The van der Waals surface area contributed by atoms with Gasteiger partial charge in [-0.3, -0.25) is 18.6 Å². The van der Waals surface area contributed by atoms with Crippen molar-refractivity contribution in [3.05, 3.63) is 24.3 Å². The van der Waals surface area contributed by atoms with Crippen LogP contribution in [-0.4, -0.2) is 65.7 Å². The Bertz CT molecular complexity index is 957. The third-order valence-electron chi connectivity index (χ3n) is 9.33. The van der Waals surface area contributed by atoms with Crippen molar-refractivity contribution in [2.45, 2.75) is 212 Å². The highest BCUT2D eigenvalue weighted by molar-refractivity contribution is 7.47. The first kappa shape index (κ1) is 52.5. The molecule has 318 valence electrons. The minimum atomic E-state index is -4.62. The Hall–Kier alpha value is -1.55. The van der Waals surface area contributed by atoms with Crippen LogP contribution in [0.3, 0.4) is 0 Å². The Kier molecular flexibility index (Phi) is 38.5. The molecule has 0 radical (unpaired) electrons. The summed E-state index contributed by atoms with van der Waals surface area (Å²) in [5.41, 5.74) is 0. The number of carbonyl (C=O) groups excluding carboxylic acids is 2. The Balaban J connectivity index is 4.28. The van der Waals surface area contributed by atoms with Crippen molar-refractivity contribution in [1.82, 2.24) is 0 Å². The molecule has 1 unspecified atom stereocenters. The van der Waals surface area contributed by atoms with Crippen LogP contribution < -0.4 is 0 Å². The van der Waals surface area contributed by atoms with E-state index in [4.69, 9.17) is 19.1 Å². The summed E-state index contributed by atoms with van der Waals surface area (Å²) in [4.78, 5) is 35.0. The zero-order valence-electron chi connectivity index (χ0n) is 34.4. The van der Waals surface area contributed by atoms with Gasteiger partial charge in [0.05, 0.1) is 19.8 Å². The van der Waals surface area contributed by atoms with E-state index in [0.29, 0.717) is 12.8 Å². The maximum atomic E-state index is 12.6. The second-order valence-electron chi connectivity index (χ2n) is 14.7. The summed E-state index contributed by atoms with van der Waals surface area (Å²) in [5.74, 6) is -0.932. The summed E-state index contributed by atoms with van der Waals surface area (Å²) in [6.45, 7) is 2.36. The summed E-state index contributed by atoms with van der Waals surface area (Å²) < 4.78 is 32.7. The predicted octanol–water partition coefficient (Wildman–Crippen LogP) is 11.4. The quantitative estimate of drug-likeness (QED) is 0.0236. The van der Waals surface area contributed by atoms with E-state index < -0.39 is 51.8 Å². The number of phosphoric acid groups is 1. The lowest BCUT2D eigenvalue weighted by molar-refractivity contribution is -0.161. The third-order valence-corrected chi connectivity index (χ3v) is 10.3. The fraction of sp³-hybridized carbons (Fsp3) is 0.860. The van der Waals surface area contributed by atoms with Crippen LogP contribution in [0.5, 0.6) is 0 Å². The molecule has 0 bridgehead atoms. The number of phosphoric ester groups is 1. The van der Waals surface area contributed by atoms with Crippen molar-refractivity contribution < 1.29 is 47.8 Å². The molecule has 3 N–H and O–H groups in total. The molecule has 0 amide bonds. The standard InChI is InChI=1S/C43H81O10P/c1-3-5-7-9-11-13-15-17-19-20-21-23-24-26-28-30-32-34-42(46)50-38-41(39-52-54(48,49)51-37-40(45)36-44)53-43(47)35-33-31-29-27-25-22-18-16-14-12-10-8-6-4-2/h13,15-16,18,40-41,44-45H,3-12,14,17,19-39H2,1-2H3,(H,48,49)/b15-13+,18-16+/t40-,41+/m0/s1. The van der Waals surface area contributed by atoms with Crippen molar-refractivity contribution in [2.24, 2.45) is 0 Å². The van der Waals surface area contributed by atoms with Crippen LogP contribution >= 0.6 is 7.82 Å². The van der Waals surface area contributed by atoms with Gasteiger partial charge in [-0.2, -0.15) is 0 Å². The van der Waals surface area contributed by atoms with Gasteiger partial charge in [0, 0.05) is 12.8 Å². The van der Waals surface area contributed by atoms with Crippen molar-refractivity contribution in [3.63, 3.8) is 0 Å². The van der Waals surface area contributed by atoms with Crippen LogP contribution in [0.4, 0.5) is 0 Å². The molecule has 0 spiro atoms. The molecule has 0 aliphatic rings. The smallest absolute Gasteiger partial charge is 0.462 e. The highest BCUT2D eigenvalue weighted by Crippen LogP contribution is 2.43. The lowest BCUT2D eigenvalue weighted by Crippen LogP contribution is -2.29. The van der Waals surface area contributed by atoms with E-state index in [1.54, 1.807) is 0 Å². The van der Waals surface area contributed by atoms with Crippen molar-refractivity contribution in [2.75, 3.05) is 26.4 Å². The van der Waals surface area contributed by atoms with Gasteiger partial charge >= 0.3 is 19.8 Å². The molecule has 0 aromatic carbocycles. The minimum Gasteiger partial charge on any atom is -0.462 e. The lowest BCUT2D eigenvalue weighted by atomic mass is 10.1. The van der Waals surface area contributed by atoms with Gasteiger partial charge in [-0.05, 0) is 64.2 Å². The van der Waals surface area contributed by atoms with E-state index in [-0.39, 0.29) is 19.4 Å². The number of esters is 2. The zero-order chi connectivity index (χ0) is 39.8. The minimum absolute atomic E-state index is 0.176. The second kappa shape index (κ2) is 39.7. The fourth-order valence-corrected chi connectivity index (χ4v) is 6.71. The molecule has 54 heavy (non-hydrogen) atoms. The van der Waals surface area contributed by atoms with Crippen LogP contribution in [-0.2, 0) is 32.7 Å². The third kappa shape index (κ3) is 38.7. The van der Waals surface area contributed by atoms with Gasteiger partial charge in [0.2, 0.25) is 0 Å². The average molecular weight is 789 g/mol. The van der Waals surface area contributed by atoms with E-state index >= 15 is 0 Å². The summed E-state index contributed by atoms with van der Waals surface area (Å²) >= 11 is 0. The Morgan fingerprint density at radius 2 is 0.907 bits per heavy atom. The first-order valence-corrected chi connectivity index (χ1v) is 23.3. The topological polar surface area (TPSA) is 149 Å².